The van der Waals surface area contributed by atoms with E-state index < -0.39 is 16.1 Å². The SMILES string of the molecule is CCOC(=O)CCC(C)N(c1cc(C)cc(OCCc2ccc(C(=N)N)cc2)c1)S(=O)(=O)c1ccccc1Cl. The topological polar surface area (TPSA) is 123 Å². The molecule has 0 saturated carbocycles. The molecule has 10 heteroatoms. The summed E-state index contributed by atoms with van der Waals surface area (Å²) in [6.07, 6.45) is 0.934. The number of carbonyl (C=O) groups excluding carboxylic acids is 1. The molecule has 0 aromatic heterocycles. The molecule has 0 fully saturated rings. The first-order valence-corrected chi connectivity index (χ1v) is 14.5. The third-order valence-corrected chi connectivity index (χ3v) is 8.50. The Bertz CT molecular complexity index is 1410. The summed E-state index contributed by atoms with van der Waals surface area (Å²) in [4.78, 5) is 12.0. The highest BCUT2D eigenvalue weighted by Crippen LogP contribution is 2.34. The normalized spacial score (nSPS) is 12.0. The van der Waals surface area contributed by atoms with Gasteiger partial charge in [-0.25, -0.2) is 8.42 Å². The Morgan fingerprint density at radius 2 is 1.79 bits per heavy atom. The molecule has 0 amide bonds. The molecule has 39 heavy (non-hydrogen) atoms. The number of nitrogens with two attached hydrogens (primary N) is 1. The standard InChI is InChI=1S/C29H34ClN3O5S/c1-4-37-28(34)14-9-21(3)33(39(35,36)27-8-6-5-7-26(27)30)24-17-20(2)18-25(19-24)38-16-15-22-10-12-23(13-11-22)29(31)32/h5-8,10-13,17-19,21H,4,9,14-16H2,1-3H3,(H3,31,32). The first kappa shape index (κ1) is 30.0. The van der Waals surface area contributed by atoms with E-state index in [4.69, 9.17) is 32.2 Å². The van der Waals surface area contributed by atoms with Crippen molar-refractivity contribution in [3.8, 4) is 5.75 Å². The van der Waals surface area contributed by atoms with E-state index in [1.165, 1.54) is 16.4 Å². The second-order valence-corrected chi connectivity index (χ2v) is 11.3. The van der Waals surface area contributed by atoms with Crippen LogP contribution < -0.4 is 14.8 Å². The molecule has 3 N–H and O–H groups in total. The number of amidine groups is 1. The van der Waals surface area contributed by atoms with Gasteiger partial charge >= 0.3 is 5.97 Å². The van der Waals surface area contributed by atoms with Crippen molar-refractivity contribution >= 4 is 39.1 Å². The number of sulfonamides is 1. The van der Waals surface area contributed by atoms with E-state index in [1.54, 1.807) is 50.2 Å². The number of halogens is 1. The molecular formula is C29H34ClN3O5S. The summed E-state index contributed by atoms with van der Waals surface area (Å²) in [5, 5.41) is 7.62. The third kappa shape index (κ3) is 7.97. The summed E-state index contributed by atoms with van der Waals surface area (Å²) >= 11 is 6.31. The molecule has 208 valence electrons. The van der Waals surface area contributed by atoms with Crippen LogP contribution in [0.4, 0.5) is 5.69 Å². The quantitative estimate of drug-likeness (QED) is 0.159. The minimum atomic E-state index is -4.09. The average Bonchev–Trinajstić information content (AvgIpc) is 2.88. The third-order valence-electron chi connectivity index (χ3n) is 6.06. The smallest absolute Gasteiger partial charge is 0.305 e. The highest BCUT2D eigenvalue weighted by molar-refractivity contribution is 7.93. The van der Waals surface area contributed by atoms with Crippen LogP contribution >= 0.6 is 11.6 Å². The van der Waals surface area contributed by atoms with Crippen LogP contribution in [0.15, 0.2) is 71.6 Å². The number of aryl methyl sites for hydroxylation is 1. The Hall–Kier alpha value is -3.56. The van der Waals surface area contributed by atoms with E-state index in [0.29, 0.717) is 30.0 Å². The number of nitrogens with one attached hydrogen (secondary N) is 1. The number of esters is 1. The number of benzene rings is 3. The number of anilines is 1. The molecule has 0 heterocycles. The number of nitrogens with zero attached hydrogens (tertiary/aromatic N) is 1. The van der Waals surface area contributed by atoms with Gasteiger partial charge in [-0.15, -0.1) is 0 Å². The maximum Gasteiger partial charge on any atom is 0.305 e. The molecule has 1 atom stereocenters. The number of nitrogen functional groups attached to an aromatic ring is 1. The van der Waals surface area contributed by atoms with Crippen molar-refractivity contribution in [1.82, 2.24) is 0 Å². The van der Waals surface area contributed by atoms with Gasteiger partial charge in [-0.1, -0.05) is 48.0 Å². The second kappa shape index (κ2) is 13.5. The van der Waals surface area contributed by atoms with Crippen LogP contribution in [-0.4, -0.2) is 39.5 Å². The van der Waals surface area contributed by atoms with Crippen LogP contribution in [0, 0.1) is 12.3 Å². The fourth-order valence-corrected chi connectivity index (χ4v) is 6.31. The first-order chi connectivity index (χ1) is 18.5. The lowest BCUT2D eigenvalue weighted by Gasteiger charge is -2.31. The second-order valence-electron chi connectivity index (χ2n) is 9.14. The van der Waals surface area contributed by atoms with Gasteiger partial charge in [-0.3, -0.25) is 14.5 Å². The molecule has 3 aromatic carbocycles. The van der Waals surface area contributed by atoms with Crippen LogP contribution in [0.1, 0.15) is 43.4 Å². The Labute approximate surface area is 235 Å². The van der Waals surface area contributed by atoms with E-state index >= 15 is 0 Å². The van der Waals surface area contributed by atoms with Gasteiger partial charge in [0.1, 0.15) is 16.5 Å². The Kier molecular flexibility index (Phi) is 10.4. The van der Waals surface area contributed by atoms with Gasteiger partial charge < -0.3 is 15.2 Å². The van der Waals surface area contributed by atoms with E-state index in [-0.39, 0.29) is 41.2 Å². The van der Waals surface area contributed by atoms with Crippen LogP contribution in [0.25, 0.3) is 0 Å². The Morgan fingerprint density at radius 1 is 1.10 bits per heavy atom. The fraction of sp³-hybridized carbons (Fsp3) is 0.310. The lowest BCUT2D eigenvalue weighted by molar-refractivity contribution is -0.143. The van der Waals surface area contributed by atoms with Crippen molar-refractivity contribution in [3.63, 3.8) is 0 Å². The zero-order valence-corrected chi connectivity index (χ0v) is 23.9. The fourth-order valence-electron chi connectivity index (χ4n) is 4.14. The van der Waals surface area contributed by atoms with E-state index in [0.717, 1.165) is 11.1 Å². The molecule has 3 rings (SSSR count). The van der Waals surface area contributed by atoms with Crippen LogP contribution in [0.2, 0.25) is 5.02 Å². The van der Waals surface area contributed by atoms with Crippen molar-refractivity contribution in [2.75, 3.05) is 17.5 Å². The summed E-state index contributed by atoms with van der Waals surface area (Å²) in [7, 11) is -4.09. The summed E-state index contributed by atoms with van der Waals surface area (Å²) in [5.74, 6) is 0.143. The maximum atomic E-state index is 13.9. The Balaban J connectivity index is 1.89. The van der Waals surface area contributed by atoms with Crippen LogP contribution in [0.5, 0.6) is 5.75 Å². The maximum absolute atomic E-state index is 13.9. The van der Waals surface area contributed by atoms with Crippen molar-refractivity contribution in [3.05, 3.63) is 88.4 Å². The van der Waals surface area contributed by atoms with Crippen molar-refractivity contribution in [2.24, 2.45) is 5.73 Å². The highest BCUT2D eigenvalue weighted by Gasteiger charge is 2.32. The van der Waals surface area contributed by atoms with E-state index in [9.17, 15) is 13.2 Å². The van der Waals surface area contributed by atoms with Crippen molar-refractivity contribution in [2.45, 2.75) is 51.0 Å². The molecule has 1 unspecified atom stereocenters. The molecule has 8 nitrogen and oxygen atoms in total. The minimum Gasteiger partial charge on any atom is -0.493 e. The Morgan fingerprint density at radius 3 is 2.44 bits per heavy atom. The van der Waals surface area contributed by atoms with E-state index in [1.807, 2.05) is 25.1 Å². The molecular weight excluding hydrogens is 538 g/mol. The monoisotopic (exact) mass is 571 g/mol. The summed E-state index contributed by atoms with van der Waals surface area (Å²) in [5.41, 5.74) is 8.41. The summed E-state index contributed by atoms with van der Waals surface area (Å²) < 4.78 is 40.2. The lowest BCUT2D eigenvalue weighted by atomic mass is 10.1. The zero-order chi connectivity index (χ0) is 28.6. The molecule has 0 saturated heterocycles. The molecule has 0 bridgehead atoms. The number of rotatable bonds is 13. The first-order valence-electron chi connectivity index (χ1n) is 12.6. The molecule has 0 aliphatic carbocycles. The van der Waals surface area contributed by atoms with Gasteiger partial charge in [0.2, 0.25) is 0 Å². The predicted molar refractivity (Wildman–Crippen MR) is 154 cm³/mol. The minimum absolute atomic E-state index is 0.0119. The van der Waals surface area contributed by atoms with E-state index in [2.05, 4.69) is 0 Å². The highest BCUT2D eigenvalue weighted by atomic mass is 35.5. The van der Waals surface area contributed by atoms with Gasteiger partial charge in [-0.05, 0) is 62.6 Å². The average molecular weight is 572 g/mol. The summed E-state index contributed by atoms with van der Waals surface area (Å²) in [6, 6.07) is 18.4. The number of hydrogen-bond acceptors (Lipinski definition) is 6. The molecule has 0 spiro atoms. The van der Waals surface area contributed by atoms with Crippen LogP contribution in [0.3, 0.4) is 0 Å². The van der Waals surface area contributed by atoms with Gasteiger partial charge in [0, 0.05) is 30.5 Å². The molecule has 0 radical (unpaired) electrons. The molecule has 3 aromatic rings. The number of ether oxygens (including phenoxy) is 2. The van der Waals surface area contributed by atoms with Crippen molar-refractivity contribution in [1.29, 1.82) is 5.41 Å². The van der Waals surface area contributed by atoms with Crippen molar-refractivity contribution < 1.29 is 22.7 Å². The summed E-state index contributed by atoms with van der Waals surface area (Å²) in [6.45, 7) is 5.96. The largest absolute Gasteiger partial charge is 0.493 e. The van der Waals surface area contributed by atoms with Gasteiger partial charge in [0.05, 0.1) is 23.9 Å². The predicted octanol–water partition coefficient (Wildman–Crippen LogP) is 5.48. The van der Waals surface area contributed by atoms with Gasteiger partial charge in [0.15, 0.2) is 0 Å². The molecule has 0 aliphatic rings. The number of hydrogen-bond donors (Lipinski definition) is 2. The van der Waals surface area contributed by atoms with Gasteiger partial charge in [-0.2, -0.15) is 0 Å². The molecule has 0 aliphatic heterocycles. The lowest BCUT2D eigenvalue weighted by Crippen LogP contribution is -2.39. The number of carbonyl (C=O) groups is 1. The van der Waals surface area contributed by atoms with Crippen LogP contribution in [-0.2, 0) is 26.0 Å². The zero-order valence-electron chi connectivity index (χ0n) is 22.3. The van der Waals surface area contributed by atoms with Gasteiger partial charge in [0.25, 0.3) is 10.0 Å².